The van der Waals surface area contributed by atoms with E-state index in [1.54, 1.807) is 17.1 Å². The molecule has 3 atom stereocenters. The van der Waals surface area contributed by atoms with Gasteiger partial charge in [0.05, 0.1) is 11.8 Å². The van der Waals surface area contributed by atoms with Crippen LogP contribution in [0.4, 0.5) is 0 Å². The van der Waals surface area contributed by atoms with E-state index in [4.69, 9.17) is 5.11 Å². The Labute approximate surface area is 117 Å². The Hall–Kier alpha value is -1.85. The average molecular weight is 280 g/mol. The van der Waals surface area contributed by atoms with E-state index in [0.717, 1.165) is 0 Å². The van der Waals surface area contributed by atoms with Crippen LogP contribution in [0.3, 0.4) is 0 Å². The van der Waals surface area contributed by atoms with Crippen molar-refractivity contribution in [1.29, 1.82) is 0 Å². The molecule has 1 saturated heterocycles. The van der Waals surface area contributed by atoms with Crippen molar-refractivity contribution in [3.05, 3.63) is 12.2 Å². The van der Waals surface area contributed by atoms with Gasteiger partial charge in [0.15, 0.2) is 0 Å². The molecule has 0 aromatic carbocycles. The Morgan fingerprint density at radius 2 is 2.10 bits per heavy atom. The van der Waals surface area contributed by atoms with Crippen molar-refractivity contribution in [2.75, 3.05) is 6.54 Å². The first kappa shape index (κ1) is 14.6. The molecule has 20 heavy (non-hydrogen) atoms. The molecule has 1 aliphatic heterocycles. The van der Waals surface area contributed by atoms with Gasteiger partial charge < -0.3 is 15.3 Å². The lowest BCUT2D eigenvalue weighted by molar-refractivity contribution is -0.140. The molecule has 0 aromatic heterocycles. The third kappa shape index (κ3) is 3.00. The molecule has 2 aliphatic rings. The number of amides is 2. The van der Waals surface area contributed by atoms with Gasteiger partial charge in [-0.15, -0.1) is 0 Å². The van der Waals surface area contributed by atoms with Crippen LogP contribution in [-0.4, -0.2) is 46.4 Å². The number of carbonyl (C=O) groups excluding carboxylic acids is 2. The van der Waals surface area contributed by atoms with Crippen LogP contribution in [0.15, 0.2) is 12.2 Å². The summed E-state index contributed by atoms with van der Waals surface area (Å²) in [5.74, 6) is -1.90. The molecule has 1 fully saturated rings. The van der Waals surface area contributed by atoms with Gasteiger partial charge in [-0.2, -0.15) is 0 Å². The standard InChI is InChI=1S/C14H20N2O4/c1-8(2)16-7-10(6-12(16)17)13(18)15-11-4-3-9(5-11)14(19)20/h3-4,8-11H,5-7H2,1-2H3,(H,15,18)(H,19,20). The number of carbonyl (C=O) groups is 3. The van der Waals surface area contributed by atoms with Gasteiger partial charge in [0.25, 0.3) is 0 Å². The third-order valence-corrected chi connectivity index (χ3v) is 3.88. The maximum atomic E-state index is 12.1. The van der Waals surface area contributed by atoms with E-state index >= 15 is 0 Å². The summed E-state index contributed by atoms with van der Waals surface area (Å²) in [6, 6.07) is -0.144. The lowest BCUT2D eigenvalue weighted by Crippen LogP contribution is -2.39. The maximum Gasteiger partial charge on any atom is 0.310 e. The molecule has 6 nitrogen and oxygen atoms in total. The second-order valence-corrected chi connectivity index (χ2v) is 5.72. The second kappa shape index (κ2) is 5.64. The summed E-state index contributed by atoms with van der Waals surface area (Å²) in [6.45, 7) is 4.30. The van der Waals surface area contributed by atoms with Crippen LogP contribution in [0.25, 0.3) is 0 Å². The zero-order valence-electron chi connectivity index (χ0n) is 11.7. The molecule has 6 heteroatoms. The van der Waals surface area contributed by atoms with Crippen LogP contribution in [-0.2, 0) is 14.4 Å². The zero-order chi connectivity index (χ0) is 14.9. The van der Waals surface area contributed by atoms with E-state index in [9.17, 15) is 14.4 Å². The fourth-order valence-corrected chi connectivity index (χ4v) is 2.70. The first-order valence-electron chi connectivity index (χ1n) is 6.89. The van der Waals surface area contributed by atoms with Crippen molar-refractivity contribution in [1.82, 2.24) is 10.2 Å². The van der Waals surface area contributed by atoms with Gasteiger partial charge in [0.1, 0.15) is 0 Å². The van der Waals surface area contributed by atoms with Gasteiger partial charge in [-0.25, -0.2) is 0 Å². The molecule has 1 heterocycles. The molecule has 2 N–H and O–H groups in total. The molecular formula is C14H20N2O4. The highest BCUT2D eigenvalue weighted by atomic mass is 16.4. The van der Waals surface area contributed by atoms with Crippen LogP contribution in [0.2, 0.25) is 0 Å². The van der Waals surface area contributed by atoms with Gasteiger partial charge in [0.2, 0.25) is 11.8 Å². The Kier molecular flexibility index (Phi) is 4.11. The Balaban J connectivity index is 1.87. The first-order chi connectivity index (χ1) is 9.38. The van der Waals surface area contributed by atoms with Crippen molar-refractivity contribution in [3.63, 3.8) is 0 Å². The number of hydrogen-bond donors (Lipinski definition) is 2. The first-order valence-corrected chi connectivity index (χ1v) is 6.89. The van der Waals surface area contributed by atoms with Crippen molar-refractivity contribution < 1.29 is 19.5 Å². The molecule has 0 radical (unpaired) electrons. The minimum atomic E-state index is -0.875. The molecule has 0 aromatic rings. The topological polar surface area (TPSA) is 86.7 Å². The van der Waals surface area contributed by atoms with Crippen molar-refractivity contribution in [3.8, 4) is 0 Å². The molecule has 0 saturated carbocycles. The van der Waals surface area contributed by atoms with Crippen LogP contribution < -0.4 is 5.32 Å². The highest BCUT2D eigenvalue weighted by Crippen LogP contribution is 2.22. The Bertz CT molecular complexity index is 458. The van der Waals surface area contributed by atoms with Gasteiger partial charge in [-0.3, -0.25) is 14.4 Å². The summed E-state index contributed by atoms with van der Waals surface area (Å²) in [5.41, 5.74) is 0. The Morgan fingerprint density at radius 3 is 2.60 bits per heavy atom. The summed E-state index contributed by atoms with van der Waals surface area (Å²) in [6.07, 6.45) is 3.94. The van der Waals surface area contributed by atoms with E-state index < -0.39 is 11.9 Å². The molecule has 2 amide bonds. The number of hydrogen-bond acceptors (Lipinski definition) is 3. The van der Waals surface area contributed by atoms with Gasteiger partial charge in [-0.1, -0.05) is 12.2 Å². The van der Waals surface area contributed by atoms with Gasteiger partial charge in [-0.05, 0) is 20.3 Å². The van der Waals surface area contributed by atoms with Gasteiger partial charge >= 0.3 is 5.97 Å². The highest BCUT2D eigenvalue weighted by Gasteiger charge is 2.36. The molecular weight excluding hydrogens is 260 g/mol. The van der Waals surface area contributed by atoms with Crippen LogP contribution in [0.5, 0.6) is 0 Å². The minimum Gasteiger partial charge on any atom is -0.481 e. The maximum absolute atomic E-state index is 12.1. The largest absolute Gasteiger partial charge is 0.481 e. The molecule has 3 unspecified atom stereocenters. The predicted octanol–water partition coefficient (Wildman–Crippen LogP) is 0.389. The van der Waals surface area contributed by atoms with E-state index in [0.29, 0.717) is 13.0 Å². The summed E-state index contributed by atoms with van der Waals surface area (Å²) in [5, 5.41) is 11.7. The summed E-state index contributed by atoms with van der Waals surface area (Å²) in [7, 11) is 0. The molecule has 0 spiro atoms. The SMILES string of the molecule is CC(C)N1CC(C(=O)NC2C=CC(C(=O)O)C2)CC1=O. The van der Waals surface area contributed by atoms with Gasteiger partial charge in [0, 0.05) is 25.0 Å². The lowest BCUT2D eigenvalue weighted by Gasteiger charge is -2.21. The third-order valence-electron chi connectivity index (χ3n) is 3.88. The normalized spacial score (nSPS) is 29.2. The fraction of sp³-hybridized carbons (Fsp3) is 0.643. The van der Waals surface area contributed by atoms with Crippen molar-refractivity contribution in [2.24, 2.45) is 11.8 Å². The van der Waals surface area contributed by atoms with E-state index in [-0.39, 0.29) is 36.2 Å². The number of nitrogens with zero attached hydrogens (tertiary/aromatic N) is 1. The summed E-state index contributed by atoms with van der Waals surface area (Å²) < 4.78 is 0. The molecule has 0 bridgehead atoms. The number of rotatable bonds is 4. The van der Waals surface area contributed by atoms with Crippen molar-refractivity contribution >= 4 is 17.8 Å². The van der Waals surface area contributed by atoms with Crippen LogP contribution >= 0.6 is 0 Å². The number of carboxylic acid groups (broad SMARTS) is 1. The van der Waals surface area contributed by atoms with E-state index in [1.165, 1.54) is 0 Å². The molecule has 110 valence electrons. The smallest absolute Gasteiger partial charge is 0.310 e. The van der Waals surface area contributed by atoms with Crippen LogP contribution in [0, 0.1) is 11.8 Å². The van der Waals surface area contributed by atoms with E-state index in [2.05, 4.69) is 5.32 Å². The predicted molar refractivity (Wildman–Crippen MR) is 71.8 cm³/mol. The Morgan fingerprint density at radius 1 is 1.40 bits per heavy atom. The number of likely N-dealkylation sites (tertiary alicyclic amines) is 1. The minimum absolute atomic E-state index is 0.00512. The highest BCUT2D eigenvalue weighted by molar-refractivity contribution is 5.89. The number of carboxylic acids is 1. The molecule has 2 rings (SSSR count). The zero-order valence-corrected chi connectivity index (χ0v) is 11.7. The number of aliphatic carboxylic acids is 1. The quantitative estimate of drug-likeness (QED) is 0.729. The monoisotopic (exact) mass is 280 g/mol. The number of nitrogens with one attached hydrogen (secondary N) is 1. The molecule has 1 aliphatic carbocycles. The second-order valence-electron chi connectivity index (χ2n) is 5.72. The lowest BCUT2D eigenvalue weighted by atomic mass is 10.1. The summed E-state index contributed by atoms with van der Waals surface area (Å²) >= 11 is 0. The van der Waals surface area contributed by atoms with E-state index in [1.807, 2.05) is 13.8 Å². The van der Waals surface area contributed by atoms with Crippen molar-refractivity contribution in [2.45, 2.75) is 38.8 Å². The van der Waals surface area contributed by atoms with Crippen LogP contribution in [0.1, 0.15) is 26.7 Å². The summed E-state index contributed by atoms with van der Waals surface area (Å²) in [4.78, 5) is 36.4. The average Bonchev–Trinajstić information content (AvgIpc) is 2.95. The fourth-order valence-electron chi connectivity index (χ4n) is 2.70.